The predicted molar refractivity (Wildman–Crippen MR) is 53.7 cm³/mol. The molecule has 0 bridgehead atoms. The summed E-state index contributed by atoms with van der Waals surface area (Å²) in [5, 5.41) is 0. The molecule has 1 heterocycles. The highest BCUT2D eigenvalue weighted by molar-refractivity contribution is 6.02. The second kappa shape index (κ2) is 3.70. The summed E-state index contributed by atoms with van der Waals surface area (Å²) in [6.45, 7) is 6.51. The molecule has 3 nitrogen and oxygen atoms in total. The molecule has 0 saturated carbocycles. The summed E-state index contributed by atoms with van der Waals surface area (Å²) in [5.41, 5.74) is 2.51. The van der Waals surface area contributed by atoms with E-state index >= 15 is 0 Å². The molecule has 0 atom stereocenters. The van der Waals surface area contributed by atoms with Crippen LogP contribution < -0.4 is 0 Å². The van der Waals surface area contributed by atoms with Gasteiger partial charge in [0, 0.05) is 23.0 Å². The Kier molecular flexibility index (Phi) is 2.79. The van der Waals surface area contributed by atoms with E-state index in [0.717, 1.165) is 5.56 Å². The van der Waals surface area contributed by atoms with Gasteiger partial charge >= 0.3 is 0 Å². The number of hydrogen-bond acceptors (Lipinski definition) is 3. The lowest BCUT2D eigenvalue weighted by Crippen LogP contribution is -2.08. The molecular weight excluding hydrogens is 178 g/mol. The highest BCUT2D eigenvalue weighted by Crippen LogP contribution is 2.16. The molecule has 0 aliphatic carbocycles. The van der Waals surface area contributed by atoms with Crippen molar-refractivity contribution in [2.24, 2.45) is 0 Å². The largest absolute Gasteiger partial charge is 0.294 e. The Hall–Kier alpha value is -1.51. The van der Waals surface area contributed by atoms with Crippen LogP contribution in [0.25, 0.3) is 0 Å². The number of pyridine rings is 1. The number of carbonyl (C=O) groups excluding carboxylic acids is 2. The smallest absolute Gasteiger partial charge is 0.161 e. The van der Waals surface area contributed by atoms with Gasteiger partial charge in [-0.25, -0.2) is 0 Å². The van der Waals surface area contributed by atoms with Crippen molar-refractivity contribution in [3.63, 3.8) is 0 Å². The van der Waals surface area contributed by atoms with Gasteiger partial charge in [0.25, 0.3) is 0 Å². The monoisotopic (exact) mass is 191 g/mol. The van der Waals surface area contributed by atoms with Gasteiger partial charge in [0.1, 0.15) is 0 Å². The topological polar surface area (TPSA) is 47.0 Å². The van der Waals surface area contributed by atoms with Gasteiger partial charge in [-0.2, -0.15) is 0 Å². The molecule has 0 aliphatic rings. The van der Waals surface area contributed by atoms with Gasteiger partial charge in [-0.3, -0.25) is 14.6 Å². The van der Waals surface area contributed by atoms with Crippen LogP contribution in [0.3, 0.4) is 0 Å². The standard InChI is InChI=1S/C11H13NO2/c1-6-10(8(3)13)5-12-7(2)11(6)9(4)14/h5H,1-4H3. The first-order valence-electron chi connectivity index (χ1n) is 4.43. The summed E-state index contributed by atoms with van der Waals surface area (Å²) in [4.78, 5) is 26.6. The second-order valence-electron chi connectivity index (χ2n) is 3.37. The maximum absolute atomic E-state index is 11.3. The van der Waals surface area contributed by atoms with Crippen LogP contribution in [0.15, 0.2) is 6.20 Å². The molecular formula is C11H13NO2. The quantitative estimate of drug-likeness (QED) is 0.672. The molecule has 0 radical (unpaired) electrons. The van der Waals surface area contributed by atoms with Crippen molar-refractivity contribution >= 4 is 11.6 Å². The third kappa shape index (κ3) is 1.71. The van der Waals surface area contributed by atoms with Crippen LogP contribution in [0.5, 0.6) is 0 Å². The van der Waals surface area contributed by atoms with Crippen LogP contribution in [0.2, 0.25) is 0 Å². The van der Waals surface area contributed by atoms with Gasteiger partial charge in [-0.15, -0.1) is 0 Å². The van der Waals surface area contributed by atoms with Gasteiger partial charge in [0.2, 0.25) is 0 Å². The zero-order valence-electron chi connectivity index (χ0n) is 8.84. The fourth-order valence-corrected chi connectivity index (χ4v) is 1.60. The summed E-state index contributed by atoms with van der Waals surface area (Å²) in [6.07, 6.45) is 1.53. The average molecular weight is 191 g/mol. The summed E-state index contributed by atoms with van der Waals surface area (Å²) in [6, 6.07) is 0. The summed E-state index contributed by atoms with van der Waals surface area (Å²) < 4.78 is 0. The number of nitrogens with zero attached hydrogens (tertiary/aromatic N) is 1. The van der Waals surface area contributed by atoms with E-state index in [1.54, 1.807) is 13.8 Å². The molecule has 0 aromatic carbocycles. The Morgan fingerprint density at radius 1 is 1.14 bits per heavy atom. The lowest BCUT2D eigenvalue weighted by Gasteiger charge is -2.08. The molecule has 0 unspecified atom stereocenters. The van der Waals surface area contributed by atoms with Gasteiger partial charge in [-0.1, -0.05) is 0 Å². The van der Waals surface area contributed by atoms with E-state index in [0.29, 0.717) is 16.8 Å². The SMILES string of the molecule is CC(=O)c1cnc(C)c(C(C)=O)c1C. The fraction of sp³-hybridized carbons (Fsp3) is 0.364. The minimum atomic E-state index is -0.0579. The minimum Gasteiger partial charge on any atom is -0.294 e. The molecule has 0 fully saturated rings. The van der Waals surface area contributed by atoms with E-state index in [1.807, 2.05) is 0 Å². The Balaban J connectivity index is 3.49. The molecule has 14 heavy (non-hydrogen) atoms. The van der Waals surface area contributed by atoms with Crippen molar-refractivity contribution < 1.29 is 9.59 Å². The predicted octanol–water partition coefficient (Wildman–Crippen LogP) is 2.10. The van der Waals surface area contributed by atoms with Crippen molar-refractivity contribution in [3.8, 4) is 0 Å². The maximum atomic E-state index is 11.3. The Bertz CT molecular complexity index is 408. The fourth-order valence-electron chi connectivity index (χ4n) is 1.60. The first kappa shape index (κ1) is 10.6. The van der Waals surface area contributed by atoms with Gasteiger partial charge in [-0.05, 0) is 33.3 Å². The number of rotatable bonds is 2. The van der Waals surface area contributed by atoms with Crippen molar-refractivity contribution in [2.75, 3.05) is 0 Å². The van der Waals surface area contributed by atoms with Gasteiger partial charge in [0.05, 0.1) is 0 Å². The third-order valence-electron chi connectivity index (χ3n) is 2.26. The second-order valence-corrected chi connectivity index (χ2v) is 3.37. The number of aryl methyl sites for hydroxylation is 1. The van der Waals surface area contributed by atoms with Crippen LogP contribution in [-0.2, 0) is 0 Å². The molecule has 0 spiro atoms. The van der Waals surface area contributed by atoms with E-state index in [9.17, 15) is 9.59 Å². The van der Waals surface area contributed by atoms with E-state index in [-0.39, 0.29) is 11.6 Å². The van der Waals surface area contributed by atoms with E-state index in [2.05, 4.69) is 4.98 Å². The third-order valence-corrected chi connectivity index (χ3v) is 2.26. The zero-order chi connectivity index (χ0) is 10.9. The van der Waals surface area contributed by atoms with Crippen molar-refractivity contribution in [2.45, 2.75) is 27.7 Å². The number of ketones is 2. The number of aromatic nitrogens is 1. The van der Waals surface area contributed by atoms with Crippen molar-refractivity contribution in [1.82, 2.24) is 4.98 Å². The molecule has 0 amide bonds. The van der Waals surface area contributed by atoms with Crippen molar-refractivity contribution in [1.29, 1.82) is 0 Å². The summed E-state index contributed by atoms with van der Waals surface area (Å²) in [7, 11) is 0. The molecule has 3 heteroatoms. The maximum Gasteiger partial charge on any atom is 0.161 e. The van der Waals surface area contributed by atoms with Crippen LogP contribution >= 0.6 is 0 Å². The molecule has 1 aromatic heterocycles. The van der Waals surface area contributed by atoms with E-state index in [4.69, 9.17) is 0 Å². The first-order valence-corrected chi connectivity index (χ1v) is 4.43. The zero-order valence-corrected chi connectivity index (χ0v) is 8.84. The van der Waals surface area contributed by atoms with Crippen molar-refractivity contribution in [3.05, 3.63) is 28.6 Å². The lowest BCUT2D eigenvalue weighted by molar-refractivity contribution is 0.101. The molecule has 1 aromatic rings. The molecule has 0 N–H and O–H groups in total. The number of Topliss-reactive ketones (excluding diaryl/α,β-unsaturated/α-hetero) is 2. The Labute approximate surface area is 83.2 Å². The highest BCUT2D eigenvalue weighted by atomic mass is 16.1. The highest BCUT2D eigenvalue weighted by Gasteiger charge is 2.14. The van der Waals surface area contributed by atoms with Crippen LogP contribution in [-0.4, -0.2) is 16.6 Å². The van der Waals surface area contributed by atoms with Crippen LogP contribution in [0.1, 0.15) is 45.8 Å². The Morgan fingerprint density at radius 2 is 1.71 bits per heavy atom. The number of hydrogen-bond donors (Lipinski definition) is 0. The molecule has 1 rings (SSSR count). The minimum absolute atomic E-state index is 0.0457. The van der Waals surface area contributed by atoms with Crippen LogP contribution in [0.4, 0.5) is 0 Å². The Morgan fingerprint density at radius 3 is 2.14 bits per heavy atom. The molecule has 74 valence electrons. The van der Waals surface area contributed by atoms with Gasteiger partial charge < -0.3 is 0 Å². The first-order chi connectivity index (χ1) is 6.45. The van der Waals surface area contributed by atoms with E-state index < -0.39 is 0 Å². The van der Waals surface area contributed by atoms with Crippen LogP contribution in [0, 0.1) is 13.8 Å². The summed E-state index contributed by atoms with van der Waals surface area (Å²) in [5.74, 6) is -0.104. The molecule has 0 aliphatic heterocycles. The van der Waals surface area contributed by atoms with E-state index in [1.165, 1.54) is 20.0 Å². The lowest BCUT2D eigenvalue weighted by atomic mass is 9.98. The van der Waals surface area contributed by atoms with Gasteiger partial charge in [0.15, 0.2) is 11.6 Å². The number of carbonyl (C=O) groups is 2. The molecule has 0 saturated heterocycles. The average Bonchev–Trinajstić information content (AvgIpc) is 2.02. The summed E-state index contributed by atoms with van der Waals surface area (Å²) >= 11 is 0. The normalized spacial score (nSPS) is 10.0.